The van der Waals surface area contributed by atoms with Crippen molar-refractivity contribution in [2.45, 2.75) is 86.5 Å². The largest absolute Gasteiger partial charge is 0.478 e. The van der Waals surface area contributed by atoms with E-state index in [0.717, 1.165) is 44.1 Å². The summed E-state index contributed by atoms with van der Waals surface area (Å²) in [6.07, 6.45) is 9.05. The minimum atomic E-state index is -1.19. The number of rotatable bonds is 2. The molecule has 3 fully saturated rings. The second-order valence-electron chi connectivity index (χ2n) is 14.3. The summed E-state index contributed by atoms with van der Waals surface area (Å²) in [5, 5.41) is 9.84. The minimum Gasteiger partial charge on any atom is -0.478 e. The molecule has 5 aliphatic carbocycles. The van der Waals surface area contributed by atoms with Crippen LogP contribution in [0.25, 0.3) is 0 Å². The highest BCUT2D eigenvalue weighted by Gasteiger charge is 2.70. The lowest BCUT2D eigenvalue weighted by molar-refractivity contribution is -0.190. The first-order valence-electron chi connectivity index (χ1n) is 13.9. The minimum absolute atomic E-state index is 0.0353. The Morgan fingerprint density at radius 2 is 1.62 bits per heavy atom. The summed E-state index contributed by atoms with van der Waals surface area (Å²) in [6, 6.07) is 0. The summed E-state index contributed by atoms with van der Waals surface area (Å²) in [5.74, 6) is -2.46. The molecule has 6 heteroatoms. The van der Waals surface area contributed by atoms with Crippen LogP contribution in [0.5, 0.6) is 0 Å². The fraction of sp³-hybridized carbons (Fsp3) is 0.742. The van der Waals surface area contributed by atoms with Gasteiger partial charge < -0.3 is 9.84 Å². The van der Waals surface area contributed by atoms with Crippen LogP contribution in [-0.2, 0) is 23.9 Å². The molecule has 0 saturated heterocycles. The molecule has 3 unspecified atom stereocenters. The SMILES string of the molecule is COC(=O)[C@]12CCC(C)(C)CC1C1C(=O)C=C3[C@@]4(C)C=C(C(=O)O)C(=O)[C@@H](C)C4CC[C@@]3(C)[C@]1(C)CC2. The number of ketones is 2. The van der Waals surface area contributed by atoms with Crippen molar-refractivity contribution < 1.29 is 29.0 Å². The number of carboxylic acid groups (broad SMARTS) is 1. The van der Waals surface area contributed by atoms with Gasteiger partial charge in [0.2, 0.25) is 0 Å². The van der Waals surface area contributed by atoms with Crippen LogP contribution in [0.15, 0.2) is 23.3 Å². The Balaban J connectivity index is 1.69. The van der Waals surface area contributed by atoms with Crippen LogP contribution >= 0.6 is 0 Å². The highest BCUT2D eigenvalue weighted by Crippen LogP contribution is 2.73. The van der Waals surface area contributed by atoms with Crippen molar-refractivity contribution in [1.82, 2.24) is 0 Å². The summed E-state index contributed by atoms with van der Waals surface area (Å²) in [4.78, 5) is 52.6. The molecule has 0 spiro atoms. The van der Waals surface area contributed by atoms with E-state index in [2.05, 4.69) is 27.7 Å². The predicted octanol–water partition coefficient (Wildman–Crippen LogP) is 5.55. The van der Waals surface area contributed by atoms with Gasteiger partial charge in [-0.3, -0.25) is 14.4 Å². The molecule has 3 saturated carbocycles. The Morgan fingerprint density at radius 1 is 0.973 bits per heavy atom. The van der Waals surface area contributed by atoms with E-state index in [-0.39, 0.29) is 57.1 Å². The van der Waals surface area contributed by atoms with Crippen LogP contribution < -0.4 is 0 Å². The second-order valence-corrected chi connectivity index (χ2v) is 14.3. The molecule has 0 heterocycles. The van der Waals surface area contributed by atoms with Gasteiger partial charge in [0, 0.05) is 17.3 Å². The molecule has 0 bridgehead atoms. The Morgan fingerprint density at radius 3 is 2.24 bits per heavy atom. The number of methoxy groups -OCH3 is 1. The normalized spacial score (nSPS) is 46.4. The third kappa shape index (κ3) is 3.22. The van der Waals surface area contributed by atoms with Crippen molar-refractivity contribution in [2.75, 3.05) is 7.11 Å². The first-order chi connectivity index (χ1) is 17.1. The predicted molar refractivity (Wildman–Crippen MR) is 138 cm³/mol. The summed E-state index contributed by atoms with van der Waals surface area (Å²) < 4.78 is 5.38. The van der Waals surface area contributed by atoms with Crippen LogP contribution in [0.4, 0.5) is 0 Å². The number of aliphatic carboxylic acids is 1. The molecule has 202 valence electrons. The number of allylic oxidation sites excluding steroid dienone is 3. The standard InChI is InChI=1S/C31H42O6/c1-17-19-8-9-29(5)22(28(19,4)15-18(24(17)33)25(34)35)14-21(32)23-20-16-27(2,3)10-12-31(20,26(36)37-7)13-11-30(23,29)6/h14-15,17,19-20,23H,8-13,16H2,1-7H3,(H,34,35)/t17-,19?,20?,23?,28-,29+,30+,31-/m0/s1. The summed E-state index contributed by atoms with van der Waals surface area (Å²) in [6.45, 7) is 12.9. The van der Waals surface area contributed by atoms with Crippen molar-refractivity contribution in [3.05, 3.63) is 23.3 Å². The van der Waals surface area contributed by atoms with E-state index in [1.165, 1.54) is 7.11 Å². The van der Waals surface area contributed by atoms with Gasteiger partial charge in [-0.2, -0.15) is 0 Å². The van der Waals surface area contributed by atoms with E-state index in [1.54, 1.807) is 6.08 Å². The van der Waals surface area contributed by atoms with Crippen LogP contribution in [0.1, 0.15) is 86.5 Å². The second kappa shape index (κ2) is 7.89. The molecule has 0 aromatic rings. The number of carbonyl (C=O) groups is 4. The van der Waals surface area contributed by atoms with Gasteiger partial charge in [0.25, 0.3) is 0 Å². The third-order valence-corrected chi connectivity index (χ3v) is 12.2. The smallest absolute Gasteiger partial charge is 0.339 e. The van der Waals surface area contributed by atoms with Gasteiger partial charge in [-0.25, -0.2) is 4.79 Å². The zero-order valence-corrected chi connectivity index (χ0v) is 23.4. The topological polar surface area (TPSA) is 97.7 Å². The van der Waals surface area contributed by atoms with Crippen molar-refractivity contribution in [3.63, 3.8) is 0 Å². The number of hydrogen-bond donors (Lipinski definition) is 1. The maximum Gasteiger partial charge on any atom is 0.339 e. The number of carboxylic acids is 1. The number of Topliss-reactive ketones (excluding diaryl/α,β-unsaturated/α-hetero) is 1. The zero-order chi connectivity index (χ0) is 27.3. The molecule has 37 heavy (non-hydrogen) atoms. The average Bonchev–Trinajstić information content (AvgIpc) is 2.82. The van der Waals surface area contributed by atoms with E-state index >= 15 is 0 Å². The summed E-state index contributed by atoms with van der Waals surface area (Å²) >= 11 is 0. The number of hydrogen-bond acceptors (Lipinski definition) is 5. The molecule has 5 aliphatic rings. The van der Waals surface area contributed by atoms with E-state index in [0.29, 0.717) is 6.42 Å². The van der Waals surface area contributed by atoms with E-state index in [4.69, 9.17) is 4.74 Å². The number of ether oxygens (including phenoxy) is 1. The molecule has 0 aliphatic heterocycles. The van der Waals surface area contributed by atoms with Crippen LogP contribution in [0.3, 0.4) is 0 Å². The lowest BCUT2D eigenvalue weighted by Gasteiger charge is -2.68. The van der Waals surface area contributed by atoms with Gasteiger partial charge in [-0.1, -0.05) is 53.2 Å². The van der Waals surface area contributed by atoms with E-state index < -0.39 is 22.7 Å². The molecule has 5 rings (SSSR count). The molecule has 1 N–H and O–H groups in total. The summed E-state index contributed by atoms with van der Waals surface area (Å²) in [7, 11) is 1.46. The third-order valence-electron chi connectivity index (χ3n) is 12.2. The first kappa shape index (κ1) is 26.4. The number of carbonyl (C=O) groups excluding carboxylic acids is 3. The van der Waals surface area contributed by atoms with Crippen LogP contribution in [0, 0.1) is 50.7 Å². The van der Waals surface area contributed by atoms with Crippen molar-refractivity contribution in [3.8, 4) is 0 Å². The highest BCUT2D eigenvalue weighted by molar-refractivity contribution is 6.18. The van der Waals surface area contributed by atoms with Crippen molar-refractivity contribution in [1.29, 1.82) is 0 Å². The summed E-state index contributed by atoms with van der Waals surface area (Å²) in [5.41, 5.74) is -1.17. The molecule has 0 aromatic carbocycles. The lowest BCUT2D eigenvalue weighted by Crippen LogP contribution is -2.65. The highest BCUT2D eigenvalue weighted by atomic mass is 16.5. The van der Waals surface area contributed by atoms with Gasteiger partial charge in [-0.05, 0) is 79.1 Å². The molecule has 0 radical (unpaired) electrons. The van der Waals surface area contributed by atoms with Gasteiger partial charge in [-0.15, -0.1) is 0 Å². The molecular formula is C31H42O6. The maximum absolute atomic E-state index is 14.3. The monoisotopic (exact) mass is 510 g/mol. The molecular weight excluding hydrogens is 468 g/mol. The van der Waals surface area contributed by atoms with Gasteiger partial charge in [0.15, 0.2) is 11.6 Å². The fourth-order valence-corrected chi connectivity index (χ4v) is 9.89. The Bertz CT molecular complexity index is 1160. The maximum atomic E-state index is 14.3. The van der Waals surface area contributed by atoms with Crippen molar-refractivity contribution >= 4 is 23.5 Å². The molecule has 0 aromatic heterocycles. The Hall–Kier alpha value is -2.24. The fourth-order valence-electron chi connectivity index (χ4n) is 9.89. The van der Waals surface area contributed by atoms with Crippen molar-refractivity contribution in [2.24, 2.45) is 50.7 Å². The number of esters is 1. The van der Waals surface area contributed by atoms with Gasteiger partial charge in [0.05, 0.1) is 18.1 Å². The van der Waals surface area contributed by atoms with Crippen LogP contribution in [-0.4, -0.2) is 35.7 Å². The van der Waals surface area contributed by atoms with E-state index in [1.807, 2.05) is 19.9 Å². The quantitative estimate of drug-likeness (QED) is 0.386. The van der Waals surface area contributed by atoms with E-state index in [9.17, 15) is 24.3 Å². The average molecular weight is 511 g/mol. The Kier molecular flexibility index (Phi) is 5.62. The molecule has 0 amide bonds. The lowest BCUT2D eigenvalue weighted by atomic mass is 9.35. The number of fused-ring (bicyclic) bond motifs is 7. The van der Waals surface area contributed by atoms with Crippen LogP contribution in [0.2, 0.25) is 0 Å². The molecule has 6 nitrogen and oxygen atoms in total. The van der Waals surface area contributed by atoms with Gasteiger partial charge >= 0.3 is 11.9 Å². The molecule has 8 atom stereocenters. The Labute approximate surface area is 220 Å². The van der Waals surface area contributed by atoms with Gasteiger partial charge in [0.1, 0.15) is 0 Å². The first-order valence-corrected chi connectivity index (χ1v) is 13.9. The zero-order valence-electron chi connectivity index (χ0n) is 23.4.